The largest absolute Gasteiger partial charge is 0.335 e. The Kier molecular flexibility index (Phi) is 2.92. The Morgan fingerprint density at radius 2 is 2.10 bits per heavy atom. The first-order chi connectivity index (χ1) is 10.1. The van der Waals surface area contributed by atoms with E-state index in [-0.39, 0.29) is 6.04 Å². The van der Waals surface area contributed by atoms with Gasteiger partial charge in [0.05, 0.1) is 11.7 Å². The van der Waals surface area contributed by atoms with Crippen molar-refractivity contribution in [1.82, 2.24) is 15.1 Å². The summed E-state index contributed by atoms with van der Waals surface area (Å²) >= 11 is 0. The van der Waals surface area contributed by atoms with Crippen LogP contribution in [-0.2, 0) is 4.79 Å². The van der Waals surface area contributed by atoms with Crippen LogP contribution in [0.25, 0.3) is 0 Å². The van der Waals surface area contributed by atoms with Crippen LogP contribution < -0.4 is 0 Å². The third-order valence-electron chi connectivity index (χ3n) is 5.93. The van der Waals surface area contributed by atoms with Crippen LogP contribution in [0.4, 0.5) is 0 Å². The van der Waals surface area contributed by atoms with Crippen molar-refractivity contribution in [1.29, 1.82) is 0 Å². The van der Waals surface area contributed by atoms with E-state index < -0.39 is 0 Å². The summed E-state index contributed by atoms with van der Waals surface area (Å²) in [5.74, 6) is 0.769. The molecule has 21 heavy (non-hydrogen) atoms. The third kappa shape index (κ3) is 2.11. The van der Waals surface area contributed by atoms with Gasteiger partial charge in [0.15, 0.2) is 0 Å². The number of nitrogens with zero attached hydrogens (tertiary/aromatic N) is 2. The van der Waals surface area contributed by atoms with E-state index in [9.17, 15) is 4.79 Å². The van der Waals surface area contributed by atoms with Crippen molar-refractivity contribution in [3.63, 3.8) is 0 Å². The molecule has 3 fully saturated rings. The lowest BCUT2D eigenvalue weighted by molar-refractivity contribution is -0.135. The number of hydrogen-bond acceptors (Lipinski definition) is 2. The van der Waals surface area contributed by atoms with Gasteiger partial charge in [-0.2, -0.15) is 5.10 Å². The number of aromatic nitrogens is 2. The van der Waals surface area contributed by atoms with E-state index >= 15 is 0 Å². The van der Waals surface area contributed by atoms with Crippen LogP contribution in [0.15, 0.2) is 0 Å². The molecule has 4 heteroatoms. The Morgan fingerprint density at radius 1 is 1.29 bits per heavy atom. The molecule has 2 heterocycles. The molecule has 1 saturated heterocycles. The molecule has 0 bridgehead atoms. The quantitative estimate of drug-likeness (QED) is 0.907. The van der Waals surface area contributed by atoms with E-state index in [1.807, 2.05) is 0 Å². The van der Waals surface area contributed by atoms with E-state index in [0.29, 0.717) is 17.2 Å². The highest BCUT2D eigenvalue weighted by Crippen LogP contribution is 2.71. The van der Waals surface area contributed by atoms with Gasteiger partial charge in [0.1, 0.15) is 0 Å². The molecule has 2 atom stereocenters. The predicted molar refractivity (Wildman–Crippen MR) is 80.8 cm³/mol. The van der Waals surface area contributed by atoms with Gasteiger partial charge in [-0.05, 0) is 51.4 Å². The van der Waals surface area contributed by atoms with Crippen molar-refractivity contribution < 1.29 is 4.79 Å². The first kappa shape index (κ1) is 13.4. The lowest BCUT2D eigenvalue weighted by Crippen LogP contribution is -2.36. The minimum absolute atomic E-state index is 0.246. The van der Waals surface area contributed by atoms with Gasteiger partial charge in [-0.25, -0.2) is 0 Å². The van der Waals surface area contributed by atoms with Crippen LogP contribution in [-0.4, -0.2) is 27.5 Å². The van der Waals surface area contributed by atoms with Gasteiger partial charge in [0, 0.05) is 23.7 Å². The van der Waals surface area contributed by atoms with Crippen LogP contribution >= 0.6 is 0 Å². The highest BCUT2D eigenvalue weighted by molar-refractivity contribution is 5.84. The molecule has 1 aromatic rings. The zero-order valence-corrected chi connectivity index (χ0v) is 13.1. The summed E-state index contributed by atoms with van der Waals surface area (Å²) in [6, 6.07) is 0.246. The van der Waals surface area contributed by atoms with E-state index in [1.165, 1.54) is 31.2 Å². The summed E-state index contributed by atoms with van der Waals surface area (Å²) in [7, 11) is 0. The molecule has 3 aliphatic rings. The van der Waals surface area contributed by atoms with Gasteiger partial charge in [0.2, 0.25) is 5.91 Å². The summed E-state index contributed by atoms with van der Waals surface area (Å²) in [5, 5.41) is 7.45. The Hall–Kier alpha value is -1.32. The highest BCUT2D eigenvalue weighted by Gasteiger charge is 2.66. The van der Waals surface area contributed by atoms with Crippen LogP contribution in [0.1, 0.15) is 67.9 Å². The van der Waals surface area contributed by atoms with Gasteiger partial charge < -0.3 is 4.90 Å². The maximum Gasteiger partial charge on any atom is 0.226 e. The van der Waals surface area contributed by atoms with Gasteiger partial charge in [-0.1, -0.05) is 12.8 Å². The minimum atomic E-state index is 0.246. The molecule has 1 amide bonds. The number of carbonyl (C=O) groups excluding carboxylic acids is 1. The van der Waals surface area contributed by atoms with Gasteiger partial charge in [-0.3, -0.25) is 9.89 Å². The Bertz CT molecular complexity index is 553. The number of carbonyl (C=O) groups is 1. The molecular formula is C17H25N3O. The number of nitrogens with one attached hydrogen (secondary N) is 1. The van der Waals surface area contributed by atoms with Crippen molar-refractivity contribution in [3.05, 3.63) is 17.0 Å². The van der Waals surface area contributed by atoms with Crippen molar-refractivity contribution in [2.75, 3.05) is 6.54 Å². The fraction of sp³-hybridized carbons (Fsp3) is 0.765. The number of amides is 1. The maximum absolute atomic E-state index is 13.0. The molecule has 1 aliphatic heterocycles. The second kappa shape index (κ2) is 4.59. The van der Waals surface area contributed by atoms with Crippen molar-refractivity contribution in [2.45, 2.75) is 64.8 Å². The summed E-state index contributed by atoms with van der Waals surface area (Å²) in [6.45, 7) is 5.08. The number of hydrogen-bond donors (Lipinski definition) is 1. The Morgan fingerprint density at radius 3 is 2.71 bits per heavy atom. The number of aromatic amines is 1. The number of aryl methyl sites for hydroxylation is 2. The summed E-state index contributed by atoms with van der Waals surface area (Å²) in [4.78, 5) is 15.2. The highest BCUT2D eigenvalue weighted by atomic mass is 16.2. The SMILES string of the molecule is Cc1n[nH]c(C)c1C1CCCCCN1C(=O)C1CC12CC2. The van der Waals surface area contributed by atoms with Crippen LogP contribution in [0, 0.1) is 25.2 Å². The van der Waals surface area contributed by atoms with E-state index in [1.54, 1.807) is 0 Å². The Balaban J connectivity index is 1.63. The number of rotatable bonds is 2. The van der Waals surface area contributed by atoms with Crippen molar-refractivity contribution in [3.8, 4) is 0 Å². The summed E-state index contributed by atoms with van der Waals surface area (Å²) < 4.78 is 0. The standard InChI is InChI=1S/C17H25N3O/c1-11-15(12(2)19-18-11)14-6-4-3-5-9-20(14)16(21)13-10-17(13)7-8-17/h13-14H,3-10H2,1-2H3,(H,18,19). The molecule has 4 nitrogen and oxygen atoms in total. The molecule has 114 valence electrons. The van der Waals surface area contributed by atoms with Crippen LogP contribution in [0.3, 0.4) is 0 Å². The maximum atomic E-state index is 13.0. The molecule has 0 aromatic carbocycles. The molecular weight excluding hydrogens is 262 g/mol. The summed E-state index contributed by atoms with van der Waals surface area (Å²) in [6.07, 6.45) is 8.42. The smallest absolute Gasteiger partial charge is 0.226 e. The van der Waals surface area contributed by atoms with E-state index in [2.05, 4.69) is 28.9 Å². The van der Waals surface area contributed by atoms with Crippen molar-refractivity contribution >= 4 is 5.91 Å². The minimum Gasteiger partial charge on any atom is -0.335 e. The fourth-order valence-electron chi connectivity index (χ4n) is 4.33. The molecule has 1 aromatic heterocycles. The number of H-pyrrole nitrogens is 1. The second-order valence-corrected chi connectivity index (χ2v) is 7.36. The van der Waals surface area contributed by atoms with Gasteiger partial charge in [0.25, 0.3) is 0 Å². The number of likely N-dealkylation sites (tertiary alicyclic amines) is 1. The molecule has 4 rings (SSSR count). The third-order valence-corrected chi connectivity index (χ3v) is 5.93. The van der Waals surface area contributed by atoms with E-state index in [4.69, 9.17) is 0 Å². The molecule has 2 saturated carbocycles. The first-order valence-corrected chi connectivity index (χ1v) is 8.44. The molecule has 1 spiro atoms. The predicted octanol–water partition coefficient (Wildman–Crippen LogP) is 3.27. The topological polar surface area (TPSA) is 49.0 Å². The first-order valence-electron chi connectivity index (χ1n) is 8.44. The second-order valence-electron chi connectivity index (χ2n) is 7.36. The lowest BCUT2D eigenvalue weighted by atomic mass is 9.98. The molecule has 0 radical (unpaired) electrons. The van der Waals surface area contributed by atoms with Crippen LogP contribution in [0.2, 0.25) is 0 Å². The molecule has 2 aliphatic carbocycles. The Labute approximate surface area is 126 Å². The van der Waals surface area contributed by atoms with Gasteiger partial charge >= 0.3 is 0 Å². The average Bonchev–Trinajstić information content (AvgIpc) is 3.37. The molecule has 2 unspecified atom stereocenters. The average molecular weight is 287 g/mol. The zero-order valence-electron chi connectivity index (χ0n) is 13.1. The normalized spacial score (nSPS) is 30.3. The lowest BCUT2D eigenvalue weighted by Gasteiger charge is -2.31. The molecule has 1 N–H and O–H groups in total. The van der Waals surface area contributed by atoms with E-state index in [0.717, 1.165) is 37.2 Å². The zero-order chi connectivity index (χ0) is 14.6. The van der Waals surface area contributed by atoms with Crippen LogP contribution in [0.5, 0.6) is 0 Å². The fourth-order valence-corrected chi connectivity index (χ4v) is 4.33. The van der Waals surface area contributed by atoms with Gasteiger partial charge in [-0.15, -0.1) is 0 Å². The van der Waals surface area contributed by atoms with Crippen molar-refractivity contribution in [2.24, 2.45) is 11.3 Å². The monoisotopic (exact) mass is 287 g/mol. The summed E-state index contributed by atoms with van der Waals surface area (Å²) in [5.41, 5.74) is 3.92.